The second-order valence-electron chi connectivity index (χ2n) is 24.1. The Kier molecular flexibility index (Phi) is 42.1. The third-order valence-corrected chi connectivity index (χ3v) is 16.7. The van der Waals surface area contributed by atoms with Gasteiger partial charge >= 0.3 is 11.9 Å². The van der Waals surface area contributed by atoms with Crippen molar-refractivity contribution < 1.29 is 87.2 Å². The third-order valence-electron chi connectivity index (χ3n) is 15.9. The van der Waals surface area contributed by atoms with Crippen molar-refractivity contribution in [3.63, 3.8) is 0 Å². The van der Waals surface area contributed by atoms with E-state index in [4.69, 9.17) is 40.1 Å². The third kappa shape index (κ3) is 32.6. The maximum atomic E-state index is 14.8. The highest BCUT2D eigenvalue weighted by Gasteiger charge is 2.42. The molecule has 0 saturated carbocycles. The molecule has 1 aliphatic heterocycles. The number of nitrogens with one attached hydrogen (secondary N) is 11. The lowest BCUT2D eigenvalue weighted by Crippen LogP contribution is -2.61. The van der Waals surface area contributed by atoms with Crippen molar-refractivity contribution in [2.45, 2.75) is 222 Å². The number of carbonyl (C=O) groups excluding carboxylic acids is 13. The van der Waals surface area contributed by atoms with Gasteiger partial charge in [0.2, 0.25) is 76.8 Å². The molecule has 40 heteroatoms. The Morgan fingerprint density at radius 2 is 0.879 bits per heavy atom. The number of hydrogen-bond acceptors (Lipinski definition) is 23. The highest BCUT2D eigenvalue weighted by Crippen LogP contribution is 2.23. The molecule has 1 saturated heterocycles. The van der Waals surface area contributed by atoms with Gasteiger partial charge in [-0.3, -0.25) is 72.1 Å². The van der Waals surface area contributed by atoms with E-state index in [9.17, 15) is 87.2 Å². The molecule has 562 valence electrons. The summed E-state index contributed by atoms with van der Waals surface area (Å²) in [7, 11) is 0. The molecule has 15 atom stereocenters. The molecule has 1 fully saturated rings. The van der Waals surface area contributed by atoms with Gasteiger partial charge in [0, 0.05) is 24.6 Å². The molecule has 0 aliphatic carbocycles. The fourth-order valence-electron chi connectivity index (χ4n) is 9.84. The van der Waals surface area contributed by atoms with E-state index in [0.717, 1.165) is 0 Å². The summed E-state index contributed by atoms with van der Waals surface area (Å²) in [4.78, 5) is 206. The lowest BCUT2D eigenvalue weighted by atomic mass is 9.96. The highest BCUT2D eigenvalue weighted by atomic mass is 32.1. The molecule has 1 rings (SSSR count). The SMILES string of the molecule is CC[C@H](C)[C@H](NC(=O)[C@H](CCCN=C(N)N)NC(=O)[C@H](CCCCN)NC(=O)[C@H](CS)NC(=O)[C@H](C)NC(=O)[C@H](C)NC(=O)[C@H](CC(=O)O)NC(=O)[C@H](CS)NC(=O)[C@@H](N)[C@@H](C)O)C(=O)N1CCC[C@H]1C(=O)N[C@@H](CC(N)=O)C(=O)N[C@@H](CCCCN)C(=O)N[C@@H](CCCCN)C(=O)O. The van der Waals surface area contributed by atoms with Gasteiger partial charge in [-0.15, -0.1) is 0 Å². The lowest BCUT2D eigenvalue weighted by Gasteiger charge is -2.33. The van der Waals surface area contributed by atoms with Crippen LogP contribution in [0.2, 0.25) is 0 Å². The fraction of sp³-hybridized carbons (Fsp3) is 0.729. The summed E-state index contributed by atoms with van der Waals surface area (Å²) < 4.78 is 0. The molecular formula is C59H106N20O18S2. The molecule has 0 bridgehead atoms. The molecule has 0 radical (unpaired) electrons. The number of aliphatic imine (C=N–C) groups is 1. The number of amides is 13. The molecule has 0 spiro atoms. The number of thiol groups is 2. The van der Waals surface area contributed by atoms with Crippen LogP contribution >= 0.6 is 25.3 Å². The molecule has 28 N–H and O–H groups in total. The number of nitrogens with zero attached hydrogens (tertiary/aromatic N) is 2. The first-order valence-electron chi connectivity index (χ1n) is 32.8. The summed E-state index contributed by atoms with van der Waals surface area (Å²) in [6.07, 6.45) is -0.320. The van der Waals surface area contributed by atoms with Crippen LogP contribution in [0.5, 0.6) is 0 Å². The fourth-order valence-corrected chi connectivity index (χ4v) is 10.4. The van der Waals surface area contributed by atoms with Crippen LogP contribution in [0.4, 0.5) is 0 Å². The molecular weight excluding hydrogens is 1340 g/mol. The number of aliphatic hydroxyl groups excluding tert-OH is 1. The van der Waals surface area contributed by atoms with Gasteiger partial charge in [-0.25, -0.2) is 4.79 Å². The van der Waals surface area contributed by atoms with Crippen molar-refractivity contribution in [1.29, 1.82) is 0 Å². The maximum Gasteiger partial charge on any atom is 0.326 e. The molecule has 1 heterocycles. The summed E-state index contributed by atoms with van der Waals surface area (Å²) >= 11 is 8.24. The van der Waals surface area contributed by atoms with Gasteiger partial charge in [-0.2, -0.15) is 25.3 Å². The Labute approximate surface area is 585 Å². The normalized spacial score (nSPS) is 16.9. The zero-order valence-corrected chi connectivity index (χ0v) is 58.5. The number of rotatable bonds is 49. The van der Waals surface area contributed by atoms with E-state index < -0.39 is 192 Å². The maximum absolute atomic E-state index is 14.8. The second kappa shape index (κ2) is 47.0. The molecule has 0 unspecified atom stereocenters. The topological polar surface area (TPSA) is 647 Å². The van der Waals surface area contributed by atoms with Crippen molar-refractivity contribution in [3.8, 4) is 0 Å². The monoisotopic (exact) mass is 1450 g/mol. The van der Waals surface area contributed by atoms with Gasteiger partial charge in [0.15, 0.2) is 5.96 Å². The van der Waals surface area contributed by atoms with Crippen molar-refractivity contribution in [3.05, 3.63) is 0 Å². The predicted octanol–water partition coefficient (Wildman–Crippen LogP) is -8.16. The van der Waals surface area contributed by atoms with E-state index in [1.54, 1.807) is 13.8 Å². The number of primary amides is 1. The van der Waals surface area contributed by atoms with E-state index in [2.05, 4.69) is 88.7 Å². The predicted molar refractivity (Wildman–Crippen MR) is 366 cm³/mol. The number of likely N-dealkylation sites (tertiary alicyclic amines) is 1. The summed E-state index contributed by atoms with van der Waals surface area (Å²) in [6, 6.07) is -19.0. The Bertz CT molecular complexity index is 2770. The average molecular weight is 1450 g/mol. The van der Waals surface area contributed by atoms with Crippen LogP contribution in [0.25, 0.3) is 0 Å². The van der Waals surface area contributed by atoms with Crippen LogP contribution in [0, 0.1) is 5.92 Å². The van der Waals surface area contributed by atoms with E-state index in [1.165, 1.54) is 25.7 Å². The van der Waals surface area contributed by atoms with Crippen LogP contribution in [-0.4, -0.2) is 244 Å². The number of nitrogens with two attached hydrogens (primary N) is 7. The van der Waals surface area contributed by atoms with E-state index >= 15 is 0 Å². The molecule has 13 amide bonds. The molecule has 0 aromatic carbocycles. The van der Waals surface area contributed by atoms with Crippen LogP contribution < -0.4 is 98.6 Å². The Balaban J connectivity index is 3.45. The summed E-state index contributed by atoms with van der Waals surface area (Å²) in [6.45, 7) is 7.67. The van der Waals surface area contributed by atoms with Gasteiger partial charge in [-0.05, 0) is 130 Å². The lowest BCUT2D eigenvalue weighted by molar-refractivity contribution is -0.144. The number of aliphatic hydroxyl groups is 1. The Morgan fingerprint density at radius 3 is 1.31 bits per heavy atom. The van der Waals surface area contributed by atoms with Crippen LogP contribution in [0.1, 0.15) is 137 Å². The number of carboxylic acid groups (broad SMARTS) is 2. The first-order valence-corrected chi connectivity index (χ1v) is 34.1. The number of unbranched alkanes of at least 4 members (excludes halogenated alkanes) is 3. The van der Waals surface area contributed by atoms with E-state index in [1.807, 2.05) is 0 Å². The second-order valence-corrected chi connectivity index (χ2v) is 24.8. The zero-order valence-electron chi connectivity index (χ0n) is 56.7. The van der Waals surface area contributed by atoms with Gasteiger partial charge < -0.3 is 119 Å². The van der Waals surface area contributed by atoms with Crippen molar-refractivity contribution in [2.75, 3.05) is 44.2 Å². The summed E-state index contributed by atoms with van der Waals surface area (Å²) in [5.74, 6) is -16.9. The average Bonchev–Trinajstić information content (AvgIpc) is 1.76. The minimum Gasteiger partial charge on any atom is -0.481 e. The standard InChI is InChI=1S/C59H106N20O18S2/c1-6-29(2)45(57(95)79-24-14-19-41(79)55(93)75-37(25-42(63)81)52(90)71-34(16-8-11-21-61)49(87)73-36(58(96)97)17-9-12-22-62)78-50(88)35(18-13-23-67-59(65)66)70-48(86)33(15-7-10-20-60)72-53(91)39(27-98)76-47(85)31(4)68-46(84)30(3)69-51(89)38(26-43(82)83)74-54(92)40(28-99)77-56(94)44(64)32(5)80/h29-41,44-45,80,98-99H,6-28,60-62,64H2,1-5H3,(H2,63,81)(H,68,84)(H,69,89)(H,70,86)(H,71,90)(H,72,91)(H,73,87)(H,74,92)(H,75,93)(H,76,85)(H,77,94)(H,78,88)(H,82,83)(H,96,97)(H4,65,66,67)/t29-,30-,31-,32+,33-,34-,35-,36-,37-,38-,39-,40-,41-,44-,45-/m0/s1. The van der Waals surface area contributed by atoms with Crippen LogP contribution in [0.3, 0.4) is 0 Å². The minimum atomic E-state index is -1.81. The van der Waals surface area contributed by atoms with Gasteiger partial charge in [-0.1, -0.05) is 20.3 Å². The zero-order chi connectivity index (χ0) is 75.2. The first kappa shape index (κ1) is 88.8. The molecule has 0 aromatic heterocycles. The van der Waals surface area contributed by atoms with Gasteiger partial charge in [0.1, 0.15) is 78.5 Å². The largest absolute Gasteiger partial charge is 0.481 e. The first-order chi connectivity index (χ1) is 46.6. The smallest absolute Gasteiger partial charge is 0.326 e. The summed E-state index contributed by atoms with van der Waals surface area (Å²) in [5, 5.41) is 55.8. The molecule has 0 aromatic rings. The van der Waals surface area contributed by atoms with Gasteiger partial charge in [0.25, 0.3) is 0 Å². The van der Waals surface area contributed by atoms with Crippen LogP contribution in [-0.2, 0) is 71.9 Å². The minimum absolute atomic E-state index is 0.00693. The van der Waals surface area contributed by atoms with E-state index in [0.29, 0.717) is 32.1 Å². The highest BCUT2D eigenvalue weighted by molar-refractivity contribution is 7.80. The summed E-state index contributed by atoms with van der Waals surface area (Å²) in [5.41, 5.74) is 39.2. The number of carbonyl (C=O) groups is 15. The Hall–Kier alpha value is -8.18. The van der Waals surface area contributed by atoms with E-state index in [-0.39, 0.29) is 108 Å². The number of guanidine groups is 1. The molecule has 38 nitrogen and oxygen atoms in total. The number of carboxylic acids is 2. The van der Waals surface area contributed by atoms with Crippen molar-refractivity contribution in [2.24, 2.45) is 51.0 Å². The van der Waals surface area contributed by atoms with Crippen LogP contribution in [0.15, 0.2) is 4.99 Å². The van der Waals surface area contributed by atoms with Gasteiger partial charge in [0.05, 0.1) is 18.9 Å². The number of aliphatic carboxylic acids is 2. The Morgan fingerprint density at radius 1 is 0.495 bits per heavy atom. The van der Waals surface area contributed by atoms with Crippen molar-refractivity contribution in [1.82, 2.24) is 63.4 Å². The molecule has 99 heavy (non-hydrogen) atoms. The van der Waals surface area contributed by atoms with Crippen molar-refractivity contribution >= 4 is 120 Å². The quantitative estimate of drug-likeness (QED) is 0.0116. The number of hydrogen-bond donors (Lipinski definition) is 23. The molecule has 1 aliphatic rings.